The molecule has 0 aliphatic carbocycles. The van der Waals surface area contributed by atoms with Gasteiger partial charge in [0.1, 0.15) is 6.04 Å². The lowest BCUT2D eigenvalue weighted by Gasteiger charge is -2.31. The van der Waals surface area contributed by atoms with Gasteiger partial charge < -0.3 is 10.2 Å². The molecule has 0 spiro atoms. The summed E-state index contributed by atoms with van der Waals surface area (Å²) in [7, 11) is 0. The summed E-state index contributed by atoms with van der Waals surface area (Å²) in [6.45, 7) is 4.05. The van der Waals surface area contributed by atoms with E-state index in [1.165, 1.54) is 0 Å². The van der Waals surface area contributed by atoms with Crippen molar-refractivity contribution in [3.63, 3.8) is 0 Å². The first-order valence-electron chi connectivity index (χ1n) is 8.10. The number of nitrogens with one attached hydrogen (secondary N) is 2. The number of hydrogen-bond donors (Lipinski definition) is 2. The molecule has 0 aromatic heterocycles. The minimum atomic E-state index is -0.631. The van der Waals surface area contributed by atoms with Crippen molar-refractivity contribution in [3.05, 3.63) is 30.3 Å². The minimum Gasteiger partial charge on any atom is -0.343 e. The lowest BCUT2D eigenvalue weighted by Crippen LogP contribution is -2.44. The first kappa shape index (κ1) is 15.5. The number of carbonyl (C=O) groups is 2. The van der Waals surface area contributed by atoms with E-state index in [2.05, 4.69) is 27.4 Å². The maximum absolute atomic E-state index is 12.1. The zero-order valence-corrected chi connectivity index (χ0v) is 13.3. The first-order chi connectivity index (χ1) is 11.1. The molecular formula is C17H22N4O2. The highest BCUT2D eigenvalue weighted by Crippen LogP contribution is 2.18. The summed E-state index contributed by atoms with van der Waals surface area (Å²) in [5.41, 5.74) is 0.727. The van der Waals surface area contributed by atoms with Crippen molar-refractivity contribution in [2.75, 3.05) is 18.4 Å². The molecule has 3 rings (SSSR count). The number of rotatable bonds is 3. The Balaban J connectivity index is 1.57. The van der Waals surface area contributed by atoms with Gasteiger partial charge in [-0.05, 0) is 30.9 Å². The molecule has 0 radical (unpaired) electrons. The lowest BCUT2D eigenvalue weighted by molar-refractivity contribution is -0.124. The van der Waals surface area contributed by atoms with Gasteiger partial charge in [-0.1, -0.05) is 25.1 Å². The fourth-order valence-corrected chi connectivity index (χ4v) is 2.86. The normalized spacial score (nSPS) is 21.8. The van der Waals surface area contributed by atoms with Gasteiger partial charge in [-0.15, -0.1) is 0 Å². The van der Waals surface area contributed by atoms with Gasteiger partial charge in [0.25, 0.3) is 5.91 Å². The number of nitrogens with zero attached hydrogens (tertiary/aromatic N) is 2. The third-order valence-corrected chi connectivity index (χ3v) is 4.34. The SMILES string of the molecule is CC1CCN(C2=N[C@H](CC(=O)Nc3ccccc3)C(=O)N2)CC1. The Bertz CT molecular complexity index is 606. The molecule has 0 saturated carbocycles. The molecule has 1 aromatic rings. The average molecular weight is 314 g/mol. The van der Waals surface area contributed by atoms with Crippen molar-refractivity contribution >= 4 is 23.5 Å². The summed E-state index contributed by atoms with van der Waals surface area (Å²) >= 11 is 0. The molecule has 0 bridgehead atoms. The molecule has 2 aliphatic rings. The number of piperidine rings is 1. The van der Waals surface area contributed by atoms with Gasteiger partial charge in [0.2, 0.25) is 11.9 Å². The van der Waals surface area contributed by atoms with Crippen molar-refractivity contribution in [2.24, 2.45) is 10.9 Å². The second kappa shape index (κ2) is 6.81. The van der Waals surface area contributed by atoms with Crippen LogP contribution in [-0.2, 0) is 9.59 Å². The van der Waals surface area contributed by atoms with Crippen molar-refractivity contribution in [1.29, 1.82) is 0 Å². The van der Waals surface area contributed by atoms with Crippen LogP contribution in [0.3, 0.4) is 0 Å². The Morgan fingerprint density at radius 2 is 2.00 bits per heavy atom. The van der Waals surface area contributed by atoms with Crippen LogP contribution < -0.4 is 10.6 Å². The molecule has 122 valence electrons. The van der Waals surface area contributed by atoms with Crippen LogP contribution in [0.25, 0.3) is 0 Å². The zero-order valence-electron chi connectivity index (χ0n) is 13.3. The van der Waals surface area contributed by atoms with E-state index in [9.17, 15) is 9.59 Å². The Kier molecular flexibility index (Phi) is 4.60. The van der Waals surface area contributed by atoms with Crippen molar-refractivity contribution in [1.82, 2.24) is 10.2 Å². The van der Waals surface area contributed by atoms with E-state index in [1.54, 1.807) is 0 Å². The van der Waals surface area contributed by atoms with Gasteiger partial charge in [0.05, 0.1) is 6.42 Å². The Morgan fingerprint density at radius 3 is 2.70 bits per heavy atom. The zero-order chi connectivity index (χ0) is 16.2. The Morgan fingerprint density at radius 1 is 1.30 bits per heavy atom. The predicted octanol–water partition coefficient (Wildman–Crippen LogP) is 1.60. The van der Waals surface area contributed by atoms with Gasteiger partial charge in [-0.25, -0.2) is 4.99 Å². The Labute approximate surface area is 136 Å². The predicted molar refractivity (Wildman–Crippen MR) is 89.0 cm³/mol. The average Bonchev–Trinajstić information content (AvgIpc) is 2.90. The van der Waals surface area contributed by atoms with Crippen LogP contribution >= 0.6 is 0 Å². The van der Waals surface area contributed by atoms with Crippen LogP contribution in [0.4, 0.5) is 5.69 Å². The van der Waals surface area contributed by atoms with Gasteiger partial charge in [-0.3, -0.25) is 14.9 Å². The first-order valence-corrected chi connectivity index (χ1v) is 8.10. The molecule has 1 fully saturated rings. The van der Waals surface area contributed by atoms with E-state index < -0.39 is 6.04 Å². The minimum absolute atomic E-state index is 0.0640. The van der Waals surface area contributed by atoms with Crippen LogP contribution in [-0.4, -0.2) is 41.8 Å². The second-order valence-corrected chi connectivity index (χ2v) is 6.25. The summed E-state index contributed by atoms with van der Waals surface area (Å²) in [5, 5.41) is 5.60. The second-order valence-electron chi connectivity index (χ2n) is 6.25. The van der Waals surface area contributed by atoms with Crippen LogP contribution in [0.1, 0.15) is 26.2 Å². The van der Waals surface area contributed by atoms with E-state index in [0.29, 0.717) is 5.96 Å². The number of amides is 2. The highest BCUT2D eigenvalue weighted by molar-refractivity contribution is 6.07. The van der Waals surface area contributed by atoms with E-state index in [4.69, 9.17) is 0 Å². The number of benzene rings is 1. The molecule has 6 nitrogen and oxygen atoms in total. The summed E-state index contributed by atoms with van der Waals surface area (Å²) < 4.78 is 0. The molecular weight excluding hydrogens is 292 g/mol. The molecule has 1 aromatic carbocycles. The van der Waals surface area contributed by atoms with Crippen LogP contribution in [0.15, 0.2) is 35.3 Å². The monoisotopic (exact) mass is 314 g/mol. The van der Waals surface area contributed by atoms with Gasteiger partial charge >= 0.3 is 0 Å². The third-order valence-electron chi connectivity index (χ3n) is 4.34. The molecule has 0 unspecified atom stereocenters. The van der Waals surface area contributed by atoms with E-state index in [-0.39, 0.29) is 18.2 Å². The smallest absolute Gasteiger partial charge is 0.252 e. The molecule has 2 heterocycles. The molecule has 6 heteroatoms. The number of para-hydroxylation sites is 1. The number of guanidine groups is 1. The number of aliphatic imine (C=N–C) groups is 1. The van der Waals surface area contributed by atoms with Gasteiger partial charge in [0, 0.05) is 18.8 Å². The highest BCUT2D eigenvalue weighted by atomic mass is 16.2. The fraction of sp³-hybridized carbons (Fsp3) is 0.471. The number of hydrogen-bond acceptors (Lipinski definition) is 4. The summed E-state index contributed by atoms with van der Waals surface area (Å²) in [6, 6.07) is 8.59. The van der Waals surface area contributed by atoms with Crippen LogP contribution in [0.5, 0.6) is 0 Å². The van der Waals surface area contributed by atoms with Gasteiger partial charge in [-0.2, -0.15) is 0 Å². The fourth-order valence-electron chi connectivity index (χ4n) is 2.86. The summed E-state index contributed by atoms with van der Waals surface area (Å²) in [5.74, 6) is 0.950. The standard InChI is InChI=1S/C17H22N4O2/c1-12-7-9-21(10-8-12)17-19-14(16(23)20-17)11-15(22)18-13-5-3-2-4-6-13/h2-6,12,14H,7-11H2,1H3,(H,18,22)(H,19,20,23)/t14-/m1/s1. The number of likely N-dealkylation sites (tertiary alicyclic amines) is 1. The molecule has 2 aliphatic heterocycles. The Hall–Kier alpha value is -2.37. The van der Waals surface area contributed by atoms with Crippen LogP contribution in [0.2, 0.25) is 0 Å². The van der Waals surface area contributed by atoms with E-state index in [0.717, 1.165) is 37.5 Å². The van der Waals surface area contributed by atoms with Crippen molar-refractivity contribution < 1.29 is 9.59 Å². The summed E-state index contributed by atoms with van der Waals surface area (Å²) in [4.78, 5) is 30.6. The van der Waals surface area contributed by atoms with Crippen molar-refractivity contribution in [2.45, 2.75) is 32.2 Å². The largest absolute Gasteiger partial charge is 0.343 e. The van der Waals surface area contributed by atoms with Crippen LogP contribution in [0, 0.1) is 5.92 Å². The topological polar surface area (TPSA) is 73.8 Å². The molecule has 2 amide bonds. The molecule has 2 N–H and O–H groups in total. The van der Waals surface area contributed by atoms with Crippen molar-refractivity contribution in [3.8, 4) is 0 Å². The molecule has 23 heavy (non-hydrogen) atoms. The summed E-state index contributed by atoms with van der Waals surface area (Å²) in [6.07, 6.45) is 2.27. The lowest BCUT2D eigenvalue weighted by atomic mass is 10.00. The number of anilines is 1. The van der Waals surface area contributed by atoms with E-state index >= 15 is 0 Å². The maximum Gasteiger partial charge on any atom is 0.252 e. The quantitative estimate of drug-likeness (QED) is 0.890. The van der Waals surface area contributed by atoms with E-state index in [1.807, 2.05) is 30.3 Å². The highest BCUT2D eigenvalue weighted by Gasteiger charge is 2.32. The maximum atomic E-state index is 12.1. The number of carbonyl (C=O) groups excluding carboxylic acids is 2. The third kappa shape index (κ3) is 3.88. The van der Waals surface area contributed by atoms with Gasteiger partial charge in [0.15, 0.2) is 0 Å². The molecule has 1 atom stereocenters. The molecule has 1 saturated heterocycles.